The van der Waals surface area contributed by atoms with Gasteiger partial charge in [0.05, 0.1) is 0 Å². The fourth-order valence-electron chi connectivity index (χ4n) is 2.51. The molecule has 0 radical (unpaired) electrons. The first kappa shape index (κ1) is 13.8. The third-order valence-electron chi connectivity index (χ3n) is 3.52. The summed E-state index contributed by atoms with van der Waals surface area (Å²) < 4.78 is 13.0. The molecule has 2 nitrogen and oxygen atoms in total. The van der Waals surface area contributed by atoms with Gasteiger partial charge in [0.25, 0.3) is 0 Å². The highest BCUT2D eigenvalue weighted by Gasteiger charge is 2.24. The van der Waals surface area contributed by atoms with Crippen LogP contribution in [0, 0.1) is 5.82 Å². The molecule has 100 valence electrons. The lowest BCUT2D eigenvalue weighted by Crippen LogP contribution is -2.37. The van der Waals surface area contributed by atoms with Crippen LogP contribution in [0.2, 0.25) is 5.02 Å². The Morgan fingerprint density at radius 3 is 3.06 bits per heavy atom. The van der Waals surface area contributed by atoms with Gasteiger partial charge in [-0.3, -0.25) is 4.90 Å². The molecule has 18 heavy (non-hydrogen) atoms. The van der Waals surface area contributed by atoms with Gasteiger partial charge in [-0.05, 0) is 43.6 Å². The van der Waals surface area contributed by atoms with E-state index >= 15 is 0 Å². The van der Waals surface area contributed by atoms with E-state index in [4.69, 9.17) is 11.6 Å². The topological polar surface area (TPSA) is 15.3 Å². The molecule has 1 fully saturated rings. The number of nitrogens with zero attached hydrogens (tertiary/aromatic N) is 1. The van der Waals surface area contributed by atoms with Crippen molar-refractivity contribution in [2.45, 2.75) is 32.4 Å². The lowest BCUT2D eigenvalue weighted by Gasteiger charge is -2.25. The normalized spacial score (nSPS) is 20.5. The van der Waals surface area contributed by atoms with Gasteiger partial charge in [0.15, 0.2) is 0 Å². The molecule has 1 aromatic rings. The molecule has 2 rings (SSSR count). The number of hydrogen-bond donors (Lipinski definition) is 1. The SMILES string of the molecule is CCNCC1CCCN1Cc1ccc(F)cc1Cl. The first-order valence-corrected chi connectivity index (χ1v) is 6.97. The van der Waals surface area contributed by atoms with Crippen LogP contribution < -0.4 is 5.32 Å². The Labute approximate surface area is 113 Å². The molecule has 1 aliphatic rings. The Morgan fingerprint density at radius 1 is 1.50 bits per heavy atom. The van der Waals surface area contributed by atoms with Crippen molar-refractivity contribution in [2.24, 2.45) is 0 Å². The second-order valence-electron chi connectivity index (χ2n) is 4.81. The summed E-state index contributed by atoms with van der Waals surface area (Å²) in [5, 5.41) is 3.93. The number of nitrogens with one attached hydrogen (secondary N) is 1. The summed E-state index contributed by atoms with van der Waals surface area (Å²) >= 11 is 6.08. The maximum atomic E-state index is 13.0. The van der Waals surface area contributed by atoms with Crippen molar-refractivity contribution < 1.29 is 4.39 Å². The van der Waals surface area contributed by atoms with E-state index in [9.17, 15) is 4.39 Å². The van der Waals surface area contributed by atoms with Crippen molar-refractivity contribution in [1.29, 1.82) is 0 Å². The molecule has 1 N–H and O–H groups in total. The molecule has 0 aromatic heterocycles. The maximum Gasteiger partial charge on any atom is 0.124 e. The summed E-state index contributed by atoms with van der Waals surface area (Å²) in [6.07, 6.45) is 2.46. The Hall–Kier alpha value is -0.640. The number of hydrogen-bond acceptors (Lipinski definition) is 2. The summed E-state index contributed by atoms with van der Waals surface area (Å²) in [6.45, 7) is 6.06. The Balaban J connectivity index is 1.99. The second-order valence-corrected chi connectivity index (χ2v) is 5.22. The average molecular weight is 271 g/mol. The van der Waals surface area contributed by atoms with Gasteiger partial charge in [0.1, 0.15) is 5.82 Å². The fraction of sp³-hybridized carbons (Fsp3) is 0.571. The molecule has 1 aliphatic heterocycles. The van der Waals surface area contributed by atoms with Crippen molar-refractivity contribution in [2.75, 3.05) is 19.6 Å². The first-order valence-electron chi connectivity index (χ1n) is 6.59. The first-order chi connectivity index (χ1) is 8.70. The standard InChI is InChI=1S/C14H20ClFN2/c1-2-17-9-13-4-3-7-18(13)10-11-5-6-12(16)8-14(11)15/h5-6,8,13,17H,2-4,7,9-10H2,1H3. The minimum Gasteiger partial charge on any atom is -0.315 e. The van der Waals surface area contributed by atoms with Crippen LogP contribution in [0.15, 0.2) is 18.2 Å². The largest absolute Gasteiger partial charge is 0.315 e. The lowest BCUT2D eigenvalue weighted by atomic mass is 10.1. The van der Waals surface area contributed by atoms with Gasteiger partial charge < -0.3 is 5.32 Å². The molecule has 1 saturated heterocycles. The molecule has 0 spiro atoms. The molecule has 1 heterocycles. The number of benzene rings is 1. The highest BCUT2D eigenvalue weighted by atomic mass is 35.5. The molecular formula is C14H20ClFN2. The molecule has 0 saturated carbocycles. The fourth-order valence-corrected chi connectivity index (χ4v) is 2.74. The van der Waals surface area contributed by atoms with Gasteiger partial charge in [0, 0.05) is 24.2 Å². The minimum absolute atomic E-state index is 0.269. The van der Waals surface area contributed by atoms with E-state index < -0.39 is 0 Å². The second kappa shape index (κ2) is 6.50. The predicted molar refractivity (Wildman–Crippen MR) is 73.4 cm³/mol. The van der Waals surface area contributed by atoms with Crippen LogP contribution >= 0.6 is 11.6 Å². The molecule has 4 heteroatoms. The zero-order valence-corrected chi connectivity index (χ0v) is 11.5. The number of likely N-dealkylation sites (tertiary alicyclic amines) is 1. The molecule has 1 aromatic carbocycles. The predicted octanol–water partition coefficient (Wildman–Crippen LogP) is 3.05. The van der Waals surface area contributed by atoms with Crippen molar-refractivity contribution in [3.8, 4) is 0 Å². The van der Waals surface area contributed by atoms with Gasteiger partial charge >= 0.3 is 0 Å². The lowest BCUT2D eigenvalue weighted by molar-refractivity contribution is 0.240. The van der Waals surface area contributed by atoms with E-state index in [0.29, 0.717) is 11.1 Å². The van der Waals surface area contributed by atoms with Gasteiger partial charge in [-0.25, -0.2) is 4.39 Å². The van der Waals surface area contributed by atoms with Crippen LogP contribution in [-0.4, -0.2) is 30.6 Å². The van der Waals surface area contributed by atoms with Crippen LogP contribution in [-0.2, 0) is 6.54 Å². The van der Waals surface area contributed by atoms with E-state index in [2.05, 4.69) is 17.1 Å². The van der Waals surface area contributed by atoms with Crippen LogP contribution in [0.5, 0.6) is 0 Å². The number of rotatable bonds is 5. The van der Waals surface area contributed by atoms with Crippen LogP contribution in [0.3, 0.4) is 0 Å². The summed E-state index contributed by atoms with van der Waals surface area (Å²) in [4.78, 5) is 2.43. The van der Waals surface area contributed by atoms with Crippen molar-refractivity contribution in [3.05, 3.63) is 34.6 Å². The summed E-state index contributed by atoms with van der Waals surface area (Å²) in [5.41, 5.74) is 1.02. The third-order valence-corrected chi connectivity index (χ3v) is 3.87. The van der Waals surface area contributed by atoms with Crippen molar-refractivity contribution in [3.63, 3.8) is 0 Å². The highest BCUT2D eigenvalue weighted by Crippen LogP contribution is 2.24. The molecule has 1 atom stereocenters. The van der Waals surface area contributed by atoms with Crippen LogP contribution in [0.25, 0.3) is 0 Å². The summed E-state index contributed by atoms with van der Waals surface area (Å²) in [7, 11) is 0. The smallest absolute Gasteiger partial charge is 0.124 e. The van der Waals surface area contributed by atoms with E-state index in [1.54, 1.807) is 6.07 Å². The molecule has 0 aliphatic carbocycles. The van der Waals surface area contributed by atoms with Crippen molar-refractivity contribution >= 4 is 11.6 Å². The van der Waals surface area contributed by atoms with Crippen molar-refractivity contribution in [1.82, 2.24) is 10.2 Å². The Kier molecular flexibility index (Phi) is 4.98. The molecule has 0 amide bonds. The summed E-state index contributed by atoms with van der Waals surface area (Å²) in [5.74, 6) is -0.269. The van der Waals surface area contributed by atoms with E-state index in [-0.39, 0.29) is 5.82 Å². The molecule has 0 bridgehead atoms. The molecule has 1 unspecified atom stereocenters. The third kappa shape index (κ3) is 3.44. The van der Waals surface area contributed by atoms with Crippen LogP contribution in [0.4, 0.5) is 4.39 Å². The Bertz CT molecular complexity index is 397. The van der Waals surface area contributed by atoms with E-state index in [0.717, 1.165) is 31.7 Å². The number of likely N-dealkylation sites (N-methyl/N-ethyl adjacent to an activating group) is 1. The van der Waals surface area contributed by atoms with Gasteiger partial charge in [-0.15, -0.1) is 0 Å². The highest BCUT2D eigenvalue weighted by molar-refractivity contribution is 6.31. The average Bonchev–Trinajstić information content (AvgIpc) is 2.77. The zero-order chi connectivity index (χ0) is 13.0. The molecular weight excluding hydrogens is 251 g/mol. The zero-order valence-electron chi connectivity index (χ0n) is 10.8. The van der Waals surface area contributed by atoms with E-state index in [1.165, 1.54) is 25.0 Å². The monoisotopic (exact) mass is 270 g/mol. The van der Waals surface area contributed by atoms with Gasteiger partial charge in [-0.1, -0.05) is 24.6 Å². The number of halogens is 2. The maximum absolute atomic E-state index is 13.0. The quantitative estimate of drug-likeness (QED) is 0.885. The van der Waals surface area contributed by atoms with Crippen LogP contribution in [0.1, 0.15) is 25.3 Å². The van der Waals surface area contributed by atoms with Gasteiger partial charge in [-0.2, -0.15) is 0 Å². The minimum atomic E-state index is -0.269. The summed E-state index contributed by atoms with van der Waals surface area (Å²) in [6, 6.07) is 5.24. The van der Waals surface area contributed by atoms with Gasteiger partial charge in [0.2, 0.25) is 0 Å². The Morgan fingerprint density at radius 2 is 2.33 bits per heavy atom. The van der Waals surface area contributed by atoms with E-state index in [1.807, 2.05) is 0 Å².